The van der Waals surface area contributed by atoms with Crippen LogP contribution in [-0.2, 0) is 46.5 Å². The van der Waals surface area contributed by atoms with Crippen LogP contribution >= 0.6 is 0 Å². The molecular weight excluding hydrogens is 656 g/mol. The number of benzene rings is 2. The summed E-state index contributed by atoms with van der Waals surface area (Å²) in [5.74, 6) is -2.80. The number of ketones is 1. The molecule has 0 spiro atoms. The van der Waals surface area contributed by atoms with Gasteiger partial charge in [0.05, 0.1) is 19.6 Å². The van der Waals surface area contributed by atoms with Gasteiger partial charge in [-0.2, -0.15) is 0 Å². The van der Waals surface area contributed by atoms with Crippen LogP contribution in [0.2, 0.25) is 0 Å². The molecule has 0 aliphatic carbocycles. The summed E-state index contributed by atoms with van der Waals surface area (Å²) in [6, 6.07) is 14.7. The zero-order chi connectivity index (χ0) is 37.8. The van der Waals surface area contributed by atoms with Gasteiger partial charge in [-0.15, -0.1) is 0 Å². The Morgan fingerprint density at radius 3 is 2.12 bits per heavy atom. The number of nitrogens with one attached hydrogen (secondary N) is 3. The SMILES string of the molecule is CC(=O)C[C@@H](Cc1ccc(OCc2ccccc2)cc1)C(=O)N[C@H](CC(C)C)C(=O)N[C@@H](CC(=O)OC(C)(C)C)C(=O)NCCOCCN=[N+]=[N-]. The molecule has 0 heterocycles. The van der Waals surface area contributed by atoms with Gasteiger partial charge in [-0.05, 0) is 75.2 Å². The predicted octanol–water partition coefficient (Wildman–Crippen LogP) is 4.59. The van der Waals surface area contributed by atoms with Crippen molar-refractivity contribution in [1.82, 2.24) is 16.0 Å². The summed E-state index contributed by atoms with van der Waals surface area (Å²) >= 11 is 0. The minimum absolute atomic E-state index is 0.0311. The van der Waals surface area contributed by atoms with Crippen LogP contribution in [0.5, 0.6) is 5.75 Å². The molecule has 2 rings (SSSR count). The molecule has 3 N–H and O–H groups in total. The lowest BCUT2D eigenvalue weighted by Gasteiger charge is -2.26. The van der Waals surface area contributed by atoms with Gasteiger partial charge in [-0.3, -0.25) is 19.2 Å². The molecule has 0 aromatic heterocycles. The molecule has 3 amide bonds. The first-order chi connectivity index (χ1) is 24.2. The molecule has 2 aromatic rings. The fourth-order valence-corrected chi connectivity index (χ4v) is 5.00. The van der Waals surface area contributed by atoms with Crippen molar-refractivity contribution in [3.05, 3.63) is 76.2 Å². The quantitative estimate of drug-likeness (QED) is 0.0519. The third kappa shape index (κ3) is 18.0. The highest BCUT2D eigenvalue weighted by Gasteiger charge is 2.32. The molecule has 0 aliphatic rings. The van der Waals surface area contributed by atoms with Gasteiger partial charge in [-0.25, -0.2) is 0 Å². The normalized spacial score (nSPS) is 12.8. The van der Waals surface area contributed by atoms with Crippen LogP contribution in [0, 0.1) is 11.8 Å². The van der Waals surface area contributed by atoms with Crippen molar-refractivity contribution in [3.8, 4) is 5.75 Å². The van der Waals surface area contributed by atoms with E-state index in [0.29, 0.717) is 12.4 Å². The van der Waals surface area contributed by atoms with E-state index in [1.807, 2.05) is 56.3 Å². The highest BCUT2D eigenvalue weighted by molar-refractivity contribution is 5.95. The summed E-state index contributed by atoms with van der Waals surface area (Å²) in [6.07, 6.45) is -0.0116. The van der Waals surface area contributed by atoms with Crippen molar-refractivity contribution in [3.63, 3.8) is 0 Å². The molecule has 2 aromatic carbocycles. The Kier molecular flexibility index (Phi) is 18.2. The number of carbonyl (C=O) groups is 5. The standard InChI is InChI=1S/C37H52N6O8/c1-25(2)20-31(36(48)42-32(23-33(45)51-37(4,5)6)35(47)39-16-18-49-19-17-40-43-38)41-34(46)29(21-26(3)44)22-27-12-14-30(15-13-27)50-24-28-10-8-7-9-11-28/h7-15,25,29,31-32H,16-24H2,1-6H3,(H,39,47)(H,41,46)(H,42,48)/t29-,31+,32-/m0/s1. The molecule has 0 aliphatic heterocycles. The van der Waals surface area contributed by atoms with Crippen LogP contribution in [0.1, 0.15) is 71.9 Å². The number of esters is 1. The van der Waals surface area contributed by atoms with Crippen LogP contribution in [0.25, 0.3) is 10.4 Å². The maximum atomic E-state index is 13.7. The van der Waals surface area contributed by atoms with Gasteiger partial charge in [0.1, 0.15) is 35.8 Å². The van der Waals surface area contributed by atoms with Crippen LogP contribution in [0.4, 0.5) is 0 Å². The Bertz CT molecular complexity index is 1470. The summed E-state index contributed by atoms with van der Waals surface area (Å²) < 4.78 is 16.6. The molecule has 14 heteroatoms. The van der Waals surface area contributed by atoms with E-state index in [1.54, 1.807) is 32.9 Å². The molecule has 0 radical (unpaired) electrons. The maximum absolute atomic E-state index is 13.7. The first-order valence-corrected chi connectivity index (χ1v) is 17.1. The first kappa shape index (κ1) is 42.2. The minimum atomic E-state index is -1.31. The van der Waals surface area contributed by atoms with E-state index in [4.69, 9.17) is 19.7 Å². The summed E-state index contributed by atoms with van der Waals surface area (Å²) in [5, 5.41) is 11.4. The predicted molar refractivity (Wildman–Crippen MR) is 191 cm³/mol. The van der Waals surface area contributed by atoms with E-state index < -0.39 is 53.7 Å². The second-order valence-electron chi connectivity index (χ2n) is 13.6. The number of Topliss-reactive ketones (excluding diaryl/α,β-unsaturated/α-hetero) is 1. The second kappa shape index (κ2) is 22.0. The van der Waals surface area contributed by atoms with Crippen LogP contribution in [-0.4, -0.2) is 73.5 Å². The van der Waals surface area contributed by atoms with E-state index in [-0.39, 0.29) is 57.3 Å². The largest absolute Gasteiger partial charge is 0.489 e. The molecule has 0 unspecified atom stereocenters. The number of rotatable bonds is 22. The van der Waals surface area contributed by atoms with Crippen molar-refractivity contribution >= 4 is 29.5 Å². The van der Waals surface area contributed by atoms with Gasteiger partial charge >= 0.3 is 5.97 Å². The van der Waals surface area contributed by atoms with E-state index in [2.05, 4.69) is 26.0 Å². The zero-order valence-corrected chi connectivity index (χ0v) is 30.5. The third-order valence-corrected chi connectivity index (χ3v) is 7.27. The van der Waals surface area contributed by atoms with Crippen molar-refractivity contribution in [2.75, 3.05) is 26.3 Å². The number of azide groups is 1. The fraction of sp³-hybridized carbons (Fsp3) is 0.541. The molecule has 0 bridgehead atoms. The van der Waals surface area contributed by atoms with Crippen LogP contribution in [0.3, 0.4) is 0 Å². The van der Waals surface area contributed by atoms with Gasteiger partial charge in [0.25, 0.3) is 0 Å². The number of ether oxygens (including phenoxy) is 3. The van der Waals surface area contributed by atoms with Crippen molar-refractivity contribution < 1.29 is 38.2 Å². The smallest absolute Gasteiger partial charge is 0.308 e. The van der Waals surface area contributed by atoms with Crippen molar-refractivity contribution in [1.29, 1.82) is 0 Å². The Balaban J connectivity index is 2.15. The number of hydrogen-bond donors (Lipinski definition) is 3. The zero-order valence-electron chi connectivity index (χ0n) is 30.5. The number of amides is 3. The molecule has 3 atom stereocenters. The Morgan fingerprint density at radius 1 is 0.843 bits per heavy atom. The summed E-state index contributed by atoms with van der Waals surface area (Å²) in [4.78, 5) is 68.1. The first-order valence-electron chi connectivity index (χ1n) is 17.1. The lowest BCUT2D eigenvalue weighted by Crippen LogP contribution is -2.55. The minimum Gasteiger partial charge on any atom is -0.489 e. The van der Waals surface area contributed by atoms with E-state index >= 15 is 0 Å². The van der Waals surface area contributed by atoms with Crippen LogP contribution in [0.15, 0.2) is 59.7 Å². The summed E-state index contributed by atoms with van der Waals surface area (Å²) in [5.41, 5.74) is 9.38. The Morgan fingerprint density at radius 2 is 1.51 bits per heavy atom. The number of hydrogen-bond acceptors (Lipinski definition) is 9. The van der Waals surface area contributed by atoms with Gasteiger partial charge in [0.15, 0.2) is 0 Å². The third-order valence-electron chi connectivity index (χ3n) is 7.27. The van der Waals surface area contributed by atoms with E-state index in [1.165, 1.54) is 6.92 Å². The fourth-order valence-electron chi connectivity index (χ4n) is 5.00. The van der Waals surface area contributed by atoms with Crippen molar-refractivity contribution in [2.24, 2.45) is 17.0 Å². The van der Waals surface area contributed by atoms with Gasteiger partial charge in [-0.1, -0.05) is 61.4 Å². The average molecular weight is 709 g/mol. The molecule has 14 nitrogen and oxygen atoms in total. The summed E-state index contributed by atoms with van der Waals surface area (Å²) in [7, 11) is 0. The summed E-state index contributed by atoms with van der Waals surface area (Å²) in [6.45, 7) is 11.1. The monoisotopic (exact) mass is 708 g/mol. The van der Waals surface area contributed by atoms with Gasteiger partial charge < -0.3 is 35.0 Å². The molecule has 0 fully saturated rings. The lowest BCUT2D eigenvalue weighted by molar-refractivity contribution is -0.156. The molecule has 278 valence electrons. The second-order valence-corrected chi connectivity index (χ2v) is 13.6. The van der Waals surface area contributed by atoms with Crippen LogP contribution < -0.4 is 20.7 Å². The van der Waals surface area contributed by atoms with Gasteiger partial charge in [0.2, 0.25) is 17.7 Å². The maximum Gasteiger partial charge on any atom is 0.308 e. The highest BCUT2D eigenvalue weighted by atomic mass is 16.6. The highest BCUT2D eigenvalue weighted by Crippen LogP contribution is 2.20. The van der Waals surface area contributed by atoms with Crippen molar-refractivity contribution in [2.45, 2.75) is 91.5 Å². The number of nitrogens with zero attached hydrogens (tertiary/aromatic N) is 3. The molecule has 0 saturated carbocycles. The molecule has 51 heavy (non-hydrogen) atoms. The Hall–Kier alpha value is -4.94. The van der Waals surface area contributed by atoms with E-state index in [0.717, 1.165) is 11.1 Å². The molecular formula is C37H52N6O8. The van der Waals surface area contributed by atoms with Gasteiger partial charge in [0, 0.05) is 30.3 Å². The number of carbonyl (C=O) groups excluding carboxylic acids is 5. The topological polar surface area (TPSA) is 198 Å². The Labute approximate surface area is 300 Å². The average Bonchev–Trinajstić information content (AvgIpc) is 3.05. The molecule has 0 saturated heterocycles. The van der Waals surface area contributed by atoms with E-state index in [9.17, 15) is 24.0 Å². The lowest BCUT2D eigenvalue weighted by atomic mass is 9.92.